The number of nitrogens with two attached hydrogens (primary N) is 1. The fraction of sp³-hybridized carbons (Fsp3) is 0.333. The van der Waals surface area contributed by atoms with E-state index in [-0.39, 0.29) is 5.92 Å². The number of benzene rings is 1. The van der Waals surface area contributed by atoms with Crippen LogP contribution in [0.5, 0.6) is 5.75 Å². The van der Waals surface area contributed by atoms with Crippen molar-refractivity contribution in [3.05, 3.63) is 51.6 Å². The van der Waals surface area contributed by atoms with Crippen molar-refractivity contribution in [1.29, 1.82) is 0 Å². The van der Waals surface area contributed by atoms with Crippen LogP contribution < -0.4 is 10.5 Å². The smallest absolute Gasteiger partial charge is 0.118 e. The van der Waals surface area contributed by atoms with Crippen molar-refractivity contribution >= 4 is 11.3 Å². The van der Waals surface area contributed by atoms with Gasteiger partial charge in [0.25, 0.3) is 0 Å². The highest BCUT2D eigenvalue weighted by Crippen LogP contribution is 2.31. The van der Waals surface area contributed by atoms with Crippen LogP contribution in [0.25, 0.3) is 11.3 Å². The molecule has 3 aromatic rings. The van der Waals surface area contributed by atoms with Gasteiger partial charge in [-0.2, -0.15) is 5.10 Å². The molecule has 0 saturated carbocycles. The zero-order valence-corrected chi connectivity index (χ0v) is 15.2. The number of thiazole rings is 1. The molecule has 0 fully saturated rings. The van der Waals surface area contributed by atoms with Gasteiger partial charge in [0.2, 0.25) is 0 Å². The van der Waals surface area contributed by atoms with Crippen molar-refractivity contribution in [1.82, 2.24) is 14.8 Å². The van der Waals surface area contributed by atoms with E-state index in [0.717, 1.165) is 33.4 Å². The molecule has 0 spiro atoms. The van der Waals surface area contributed by atoms with Gasteiger partial charge in [-0.25, -0.2) is 4.98 Å². The molecule has 0 saturated heterocycles. The molecular formula is C18H22N4OS. The SMILES string of the molecule is COc1ccc(-c2cc(C(CN)c3nc(C)c(C)s3)n(C)n2)cc1. The lowest BCUT2D eigenvalue weighted by Crippen LogP contribution is -2.16. The average Bonchev–Trinajstić information content (AvgIpc) is 3.12. The zero-order chi connectivity index (χ0) is 17.3. The summed E-state index contributed by atoms with van der Waals surface area (Å²) in [6.45, 7) is 4.64. The summed E-state index contributed by atoms with van der Waals surface area (Å²) in [5.41, 5.74) is 10.2. The lowest BCUT2D eigenvalue weighted by atomic mass is 10.0. The number of methoxy groups -OCH3 is 1. The lowest BCUT2D eigenvalue weighted by molar-refractivity contribution is 0.415. The second-order valence-corrected chi connectivity index (χ2v) is 7.02. The fourth-order valence-electron chi connectivity index (χ4n) is 2.71. The third kappa shape index (κ3) is 3.07. The average molecular weight is 342 g/mol. The highest BCUT2D eigenvalue weighted by Gasteiger charge is 2.22. The van der Waals surface area contributed by atoms with Gasteiger partial charge in [0.05, 0.1) is 24.4 Å². The maximum absolute atomic E-state index is 6.06. The number of hydrogen-bond donors (Lipinski definition) is 1. The summed E-state index contributed by atoms with van der Waals surface area (Å²) < 4.78 is 7.12. The summed E-state index contributed by atoms with van der Waals surface area (Å²) >= 11 is 1.71. The van der Waals surface area contributed by atoms with Gasteiger partial charge in [-0.1, -0.05) is 0 Å². The second kappa shape index (κ2) is 6.75. The quantitative estimate of drug-likeness (QED) is 0.773. The molecule has 2 N–H and O–H groups in total. The molecule has 1 aromatic carbocycles. The first-order chi connectivity index (χ1) is 11.5. The standard InChI is InChI=1S/C18H22N4OS/c1-11-12(2)24-18(20-11)15(10-19)17-9-16(21-22(17)3)13-5-7-14(23-4)8-6-13/h5-9,15H,10,19H2,1-4H3. The van der Waals surface area contributed by atoms with Crippen LogP contribution in [-0.4, -0.2) is 28.4 Å². The van der Waals surface area contributed by atoms with E-state index in [4.69, 9.17) is 10.5 Å². The number of aromatic nitrogens is 3. The van der Waals surface area contributed by atoms with Crippen LogP contribution in [0.3, 0.4) is 0 Å². The Bertz CT molecular complexity index is 816. The molecule has 2 aromatic heterocycles. The Morgan fingerprint density at radius 2 is 1.96 bits per heavy atom. The first kappa shape index (κ1) is 16.7. The van der Waals surface area contributed by atoms with Crippen LogP contribution in [0.4, 0.5) is 0 Å². The third-order valence-corrected chi connectivity index (χ3v) is 5.42. The summed E-state index contributed by atoms with van der Waals surface area (Å²) in [5.74, 6) is 0.898. The van der Waals surface area contributed by atoms with E-state index in [1.165, 1.54) is 4.88 Å². The molecule has 0 aliphatic rings. The largest absolute Gasteiger partial charge is 0.497 e. The van der Waals surface area contributed by atoms with Gasteiger partial charge < -0.3 is 10.5 Å². The Labute approximate surface area is 146 Å². The number of ether oxygens (including phenoxy) is 1. The Morgan fingerprint density at radius 1 is 1.25 bits per heavy atom. The summed E-state index contributed by atoms with van der Waals surface area (Å²) in [5, 5.41) is 5.71. The second-order valence-electron chi connectivity index (χ2n) is 5.79. The van der Waals surface area contributed by atoms with Crippen LogP contribution in [0.15, 0.2) is 30.3 Å². The predicted molar refractivity (Wildman–Crippen MR) is 97.7 cm³/mol. The molecule has 24 heavy (non-hydrogen) atoms. The van der Waals surface area contributed by atoms with Crippen molar-refractivity contribution in [2.24, 2.45) is 12.8 Å². The molecule has 1 atom stereocenters. The van der Waals surface area contributed by atoms with E-state index in [0.29, 0.717) is 6.54 Å². The van der Waals surface area contributed by atoms with Gasteiger partial charge in [-0.05, 0) is 44.2 Å². The molecule has 0 radical (unpaired) electrons. The Kier molecular flexibility index (Phi) is 4.69. The van der Waals surface area contributed by atoms with Gasteiger partial charge in [-0.15, -0.1) is 11.3 Å². The normalized spacial score (nSPS) is 12.4. The van der Waals surface area contributed by atoms with E-state index in [1.54, 1.807) is 18.4 Å². The molecule has 5 nitrogen and oxygen atoms in total. The minimum atomic E-state index is 0.0619. The molecule has 2 heterocycles. The summed E-state index contributed by atoms with van der Waals surface area (Å²) in [6, 6.07) is 10.0. The molecule has 6 heteroatoms. The first-order valence-corrected chi connectivity index (χ1v) is 8.67. The molecule has 0 amide bonds. The molecule has 3 rings (SSSR count). The zero-order valence-electron chi connectivity index (χ0n) is 14.4. The third-order valence-electron chi connectivity index (χ3n) is 4.24. The minimum Gasteiger partial charge on any atom is -0.497 e. The number of rotatable bonds is 5. The molecule has 0 aliphatic carbocycles. The van der Waals surface area contributed by atoms with E-state index in [9.17, 15) is 0 Å². The van der Waals surface area contributed by atoms with Crippen molar-refractivity contribution < 1.29 is 4.74 Å². The molecular weight excluding hydrogens is 320 g/mol. The first-order valence-electron chi connectivity index (χ1n) is 7.85. The van der Waals surface area contributed by atoms with E-state index >= 15 is 0 Å². The van der Waals surface area contributed by atoms with Crippen LogP contribution in [-0.2, 0) is 7.05 Å². The number of hydrogen-bond acceptors (Lipinski definition) is 5. The predicted octanol–water partition coefficient (Wildman–Crippen LogP) is 3.26. The summed E-state index contributed by atoms with van der Waals surface area (Å²) in [4.78, 5) is 5.92. The van der Waals surface area contributed by atoms with Crippen LogP contribution in [0.1, 0.15) is 27.2 Å². The molecule has 0 bridgehead atoms. The number of nitrogens with zero attached hydrogens (tertiary/aromatic N) is 3. The Morgan fingerprint density at radius 3 is 2.50 bits per heavy atom. The maximum Gasteiger partial charge on any atom is 0.118 e. The van der Waals surface area contributed by atoms with Gasteiger partial charge in [0, 0.05) is 29.7 Å². The summed E-state index contributed by atoms with van der Waals surface area (Å²) in [6.07, 6.45) is 0. The van der Waals surface area contributed by atoms with Crippen molar-refractivity contribution in [2.45, 2.75) is 19.8 Å². The van der Waals surface area contributed by atoms with E-state index in [2.05, 4.69) is 23.1 Å². The summed E-state index contributed by atoms with van der Waals surface area (Å²) in [7, 11) is 3.62. The van der Waals surface area contributed by atoms with Crippen LogP contribution in [0, 0.1) is 13.8 Å². The lowest BCUT2D eigenvalue weighted by Gasteiger charge is -2.11. The van der Waals surface area contributed by atoms with Gasteiger partial charge in [0.15, 0.2) is 0 Å². The highest BCUT2D eigenvalue weighted by atomic mass is 32.1. The fourth-order valence-corrected chi connectivity index (χ4v) is 3.75. The van der Waals surface area contributed by atoms with Gasteiger partial charge >= 0.3 is 0 Å². The molecule has 126 valence electrons. The van der Waals surface area contributed by atoms with E-state index in [1.807, 2.05) is 42.9 Å². The highest BCUT2D eigenvalue weighted by molar-refractivity contribution is 7.11. The molecule has 0 aliphatic heterocycles. The maximum atomic E-state index is 6.06. The minimum absolute atomic E-state index is 0.0619. The van der Waals surface area contributed by atoms with Crippen LogP contribution >= 0.6 is 11.3 Å². The van der Waals surface area contributed by atoms with Crippen molar-refractivity contribution in [3.8, 4) is 17.0 Å². The number of aryl methyl sites for hydroxylation is 3. The van der Waals surface area contributed by atoms with Gasteiger partial charge in [0.1, 0.15) is 10.8 Å². The van der Waals surface area contributed by atoms with E-state index < -0.39 is 0 Å². The Balaban J connectivity index is 1.97. The monoisotopic (exact) mass is 342 g/mol. The van der Waals surface area contributed by atoms with Crippen LogP contribution in [0.2, 0.25) is 0 Å². The van der Waals surface area contributed by atoms with Crippen molar-refractivity contribution in [2.75, 3.05) is 13.7 Å². The van der Waals surface area contributed by atoms with Gasteiger partial charge in [-0.3, -0.25) is 4.68 Å². The topological polar surface area (TPSA) is 66.0 Å². The molecule has 1 unspecified atom stereocenters. The Hall–Kier alpha value is -2.18. The van der Waals surface area contributed by atoms with Crippen molar-refractivity contribution in [3.63, 3.8) is 0 Å².